The molecule has 2 aliphatic carbocycles. The summed E-state index contributed by atoms with van der Waals surface area (Å²) in [5.41, 5.74) is 0.868. The topological polar surface area (TPSA) is 26.3 Å². The number of hydrogen-bond donors (Lipinski definition) is 0. The molecule has 0 aromatic heterocycles. The molecular formula is C17H18O2. The number of benzene rings is 1. The molecule has 3 aliphatic rings. The van der Waals surface area contributed by atoms with Crippen LogP contribution in [0.5, 0.6) is 5.75 Å². The Balaban J connectivity index is 1.91. The molecule has 19 heavy (non-hydrogen) atoms. The van der Waals surface area contributed by atoms with Gasteiger partial charge in [-0.2, -0.15) is 0 Å². The quantitative estimate of drug-likeness (QED) is 0.434. The van der Waals surface area contributed by atoms with Gasteiger partial charge in [-0.1, -0.05) is 36.8 Å². The Morgan fingerprint density at radius 2 is 2.16 bits per heavy atom. The van der Waals surface area contributed by atoms with Crippen LogP contribution in [0.3, 0.4) is 0 Å². The highest BCUT2D eigenvalue weighted by molar-refractivity contribution is 5.87. The molecule has 4 atom stereocenters. The first-order valence-corrected chi connectivity index (χ1v) is 7.24. The summed E-state index contributed by atoms with van der Waals surface area (Å²) in [4.78, 5) is 12.6. The van der Waals surface area contributed by atoms with Crippen molar-refractivity contribution in [3.05, 3.63) is 42.0 Å². The predicted octanol–water partition coefficient (Wildman–Crippen LogP) is 3.68. The number of esters is 1. The average Bonchev–Trinajstić information content (AvgIpc) is 2.82. The lowest BCUT2D eigenvalue weighted by Gasteiger charge is -2.58. The van der Waals surface area contributed by atoms with Crippen molar-refractivity contribution in [3.63, 3.8) is 0 Å². The highest BCUT2D eigenvalue weighted by Crippen LogP contribution is 2.70. The van der Waals surface area contributed by atoms with Crippen molar-refractivity contribution in [2.24, 2.45) is 17.3 Å². The molecule has 0 N–H and O–H groups in total. The summed E-state index contributed by atoms with van der Waals surface area (Å²) in [7, 11) is 0. The van der Waals surface area contributed by atoms with Gasteiger partial charge in [0, 0.05) is 5.92 Å². The van der Waals surface area contributed by atoms with Crippen LogP contribution >= 0.6 is 0 Å². The molecule has 2 fully saturated rings. The van der Waals surface area contributed by atoms with Crippen molar-refractivity contribution in [3.8, 4) is 5.75 Å². The van der Waals surface area contributed by atoms with Gasteiger partial charge in [0.05, 0.1) is 5.41 Å². The molecule has 2 saturated carbocycles. The van der Waals surface area contributed by atoms with Gasteiger partial charge in [0.2, 0.25) is 0 Å². The molecule has 4 rings (SSSR count). The van der Waals surface area contributed by atoms with Gasteiger partial charge in [-0.25, -0.2) is 0 Å². The number of carbonyl (C=O) groups excluding carboxylic acids is 1. The smallest absolute Gasteiger partial charge is 0.322 e. The minimum absolute atomic E-state index is 0.0301. The second kappa shape index (κ2) is 3.72. The second-order valence-corrected chi connectivity index (χ2v) is 6.04. The molecule has 0 saturated heterocycles. The van der Waals surface area contributed by atoms with Gasteiger partial charge >= 0.3 is 5.97 Å². The maximum Gasteiger partial charge on any atom is 0.322 e. The van der Waals surface area contributed by atoms with Crippen LogP contribution in [-0.4, -0.2) is 5.97 Å². The largest absolute Gasteiger partial charge is 0.426 e. The number of ether oxygens (including phenoxy) is 1. The van der Waals surface area contributed by atoms with E-state index in [9.17, 15) is 4.79 Å². The van der Waals surface area contributed by atoms with Gasteiger partial charge in [-0.05, 0) is 43.2 Å². The summed E-state index contributed by atoms with van der Waals surface area (Å²) >= 11 is 0. The molecule has 0 amide bonds. The molecule has 0 radical (unpaired) electrons. The van der Waals surface area contributed by atoms with E-state index in [4.69, 9.17) is 4.74 Å². The minimum Gasteiger partial charge on any atom is -0.426 e. The lowest BCUT2D eigenvalue weighted by atomic mass is 9.45. The zero-order valence-electron chi connectivity index (χ0n) is 11.1. The second-order valence-electron chi connectivity index (χ2n) is 6.04. The third-order valence-corrected chi connectivity index (χ3v) is 5.38. The summed E-state index contributed by atoms with van der Waals surface area (Å²) in [6, 6.07) is 8.06. The summed E-state index contributed by atoms with van der Waals surface area (Å²) in [6.07, 6.45) is 7.82. The first-order valence-electron chi connectivity index (χ1n) is 7.24. The normalized spacial score (nSPS) is 39.2. The van der Waals surface area contributed by atoms with Crippen molar-refractivity contribution in [2.45, 2.75) is 32.1 Å². The van der Waals surface area contributed by atoms with Gasteiger partial charge < -0.3 is 4.74 Å². The van der Waals surface area contributed by atoms with E-state index in [1.54, 1.807) is 0 Å². The lowest BCUT2D eigenvalue weighted by Crippen LogP contribution is -2.59. The van der Waals surface area contributed by atoms with E-state index >= 15 is 0 Å². The molecule has 0 spiro atoms. The van der Waals surface area contributed by atoms with Crippen LogP contribution < -0.4 is 4.74 Å². The van der Waals surface area contributed by atoms with Crippen molar-refractivity contribution in [2.75, 3.05) is 0 Å². The Labute approximate surface area is 113 Å². The maximum absolute atomic E-state index is 12.6. The fourth-order valence-corrected chi connectivity index (χ4v) is 4.80. The number of fused-ring (bicyclic) bond motifs is 6. The van der Waals surface area contributed by atoms with Crippen molar-refractivity contribution >= 4 is 5.97 Å². The lowest BCUT2D eigenvalue weighted by molar-refractivity contribution is -0.164. The van der Waals surface area contributed by atoms with Gasteiger partial charge in [-0.3, -0.25) is 4.79 Å². The van der Waals surface area contributed by atoms with Crippen LogP contribution in [0.25, 0.3) is 0 Å². The van der Waals surface area contributed by atoms with Gasteiger partial charge in [0.25, 0.3) is 0 Å². The summed E-state index contributed by atoms with van der Waals surface area (Å²) in [5, 5.41) is 0. The average molecular weight is 254 g/mol. The summed E-state index contributed by atoms with van der Waals surface area (Å²) in [6.45, 7) is 2.00. The van der Waals surface area contributed by atoms with Crippen molar-refractivity contribution in [1.29, 1.82) is 0 Å². The van der Waals surface area contributed by atoms with E-state index in [0.717, 1.165) is 5.75 Å². The number of rotatable bonds is 1. The van der Waals surface area contributed by atoms with Gasteiger partial charge in [-0.15, -0.1) is 0 Å². The molecule has 0 unspecified atom stereocenters. The first-order chi connectivity index (χ1) is 9.29. The Bertz CT molecular complexity index is 574. The van der Waals surface area contributed by atoms with E-state index in [-0.39, 0.29) is 11.4 Å². The molecule has 2 heteroatoms. The van der Waals surface area contributed by atoms with Crippen molar-refractivity contribution < 1.29 is 9.53 Å². The molecule has 0 bridgehead atoms. The number of hydrogen-bond acceptors (Lipinski definition) is 2. The Morgan fingerprint density at radius 1 is 1.32 bits per heavy atom. The number of carbonyl (C=O) groups is 1. The standard InChI is InChI=1S/C17H18O2/c1-2-10-17-13-8-5-7-11(13)15(17)12-6-3-4-9-14(12)19-16(17)18/h2-4,6,9-11,13,15H,5,7-8H2,1H3/b10-2+/t11-,13+,15+,17+/m0/s1. The maximum atomic E-state index is 12.6. The minimum atomic E-state index is -0.371. The molecule has 2 nitrogen and oxygen atoms in total. The fraction of sp³-hybridized carbons (Fsp3) is 0.471. The van der Waals surface area contributed by atoms with E-state index in [1.165, 1.54) is 24.8 Å². The van der Waals surface area contributed by atoms with E-state index in [1.807, 2.05) is 25.1 Å². The van der Waals surface area contributed by atoms with Crippen LogP contribution in [0.4, 0.5) is 0 Å². The first kappa shape index (κ1) is 11.3. The van der Waals surface area contributed by atoms with Gasteiger partial charge in [0.15, 0.2) is 0 Å². The molecule has 1 heterocycles. The predicted molar refractivity (Wildman–Crippen MR) is 72.9 cm³/mol. The zero-order chi connectivity index (χ0) is 13.0. The molecule has 1 aliphatic heterocycles. The Kier molecular flexibility index (Phi) is 2.21. The molecular weight excluding hydrogens is 236 g/mol. The molecule has 98 valence electrons. The third-order valence-electron chi connectivity index (χ3n) is 5.38. The van der Waals surface area contributed by atoms with E-state index < -0.39 is 0 Å². The summed E-state index contributed by atoms with van der Waals surface area (Å²) in [5.74, 6) is 2.26. The van der Waals surface area contributed by atoms with Crippen molar-refractivity contribution in [1.82, 2.24) is 0 Å². The SMILES string of the molecule is C/C=C/[C@]12C(=O)Oc3ccccc3[C@H]1[C@H]1CCC[C@H]12. The third kappa shape index (κ3) is 1.20. The Hall–Kier alpha value is -1.57. The highest BCUT2D eigenvalue weighted by atomic mass is 16.5. The van der Waals surface area contributed by atoms with Crippen LogP contribution in [0.1, 0.15) is 37.7 Å². The number of para-hydroxylation sites is 1. The number of allylic oxidation sites excluding steroid dienone is 1. The highest BCUT2D eigenvalue weighted by Gasteiger charge is 2.68. The van der Waals surface area contributed by atoms with Crippen LogP contribution in [0, 0.1) is 17.3 Å². The van der Waals surface area contributed by atoms with Crippen LogP contribution in [0.15, 0.2) is 36.4 Å². The zero-order valence-corrected chi connectivity index (χ0v) is 11.1. The Morgan fingerprint density at radius 3 is 3.00 bits per heavy atom. The van der Waals surface area contributed by atoms with Crippen LogP contribution in [0.2, 0.25) is 0 Å². The van der Waals surface area contributed by atoms with Gasteiger partial charge in [0.1, 0.15) is 5.75 Å². The molecule has 1 aromatic carbocycles. The molecule has 1 aromatic rings. The summed E-state index contributed by atoms with van der Waals surface area (Å²) < 4.78 is 5.64. The van der Waals surface area contributed by atoms with E-state index in [0.29, 0.717) is 17.8 Å². The van der Waals surface area contributed by atoms with Crippen LogP contribution in [-0.2, 0) is 4.79 Å². The fourth-order valence-electron chi connectivity index (χ4n) is 4.80. The van der Waals surface area contributed by atoms with E-state index in [2.05, 4.69) is 18.2 Å². The monoisotopic (exact) mass is 254 g/mol.